The van der Waals surface area contributed by atoms with Crippen molar-refractivity contribution in [2.24, 2.45) is 0 Å². The van der Waals surface area contributed by atoms with E-state index in [9.17, 15) is 8.78 Å². The fraction of sp³-hybridized carbons (Fsp3) is 0.571. The molecular formula is C14H21F2NO2. The van der Waals surface area contributed by atoms with Gasteiger partial charge in [0, 0.05) is 12.6 Å². The van der Waals surface area contributed by atoms with Gasteiger partial charge in [-0.25, -0.2) is 0 Å². The summed E-state index contributed by atoms with van der Waals surface area (Å²) in [4.78, 5) is 0. The zero-order valence-electron chi connectivity index (χ0n) is 11.6. The summed E-state index contributed by atoms with van der Waals surface area (Å²) in [6, 6.07) is 5.45. The molecular weight excluding hydrogens is 252 g/mol. The molecule has 1 N–H and O–H groups in total. The van der Waals surface area contributed by atoms with Crippen molar-refractivity contribution in [1.82, 2.24) is 5.32 Å². The standard InChI is InChI=1S/C14H21F2NO2/c1-4-5-10(2)17-9-11-6-7-12(18-3)13(8-11)19-14(15)16/h6-8,10,14,17H,4-5,9H2,1-3H3. The molecule has 5 heteroatoms. The maximum absolute atomic E-state index is 12.3. The molecule has 108 valence electrons. The zero-order valence-corrected chi connectivity index (χ0v) is 11.6. The van der Waals surface area contributed by atoms with Gasteiger partial charge in [0.25, 0.3) is 0 Å². The Morgan fingerprint density at radius 3 is 2.58 bits per heavy atom. The lowest BCUT2D eigenvalue weighted by Crippen LogP contribution is -2.25. The normalized spacial score (nSPS) is 12.5. The van der Waals surface area contributed by atoms with Gasteiger partial charge in [-0.2, -0.15) is 8.78 Å². The zero-order chi connectivity index (χ0) is 14.3. The molecule has 0 spiro atoms. The van der Waals surface area contributed by atoms with Crippen LogP contribution in [0.5, 0.6) is 11.5 Å². The van der Waals surface area contributed by atoms with Crippen molar-refractivity contribution in [3.8, 4) is 11.5 Å². The Labute approximate surface area is 112 Å². The molecule has 0 radical (unpaired) electrons. The highest BCUT2D eigenvalue weighted by atomic mass is 19.3. The van der Waals surface area contributed by atoms with E-state index in [0.717, 1.165) is 18.4 Å². The molecule has 0 fully saturated rings. The maximum atomic E-state index is 12.3. The number of benzene rings is 1. The molecule has 3 nitrogen and oxygen atoms in total. The van der Waals surface area contributed by atoms with E-state index < -0.39 is 6.61 Å². The van der Waals surface area contributed by atoms with Gasteiger partial charge in [-0.05, 0) is 31.0 Å². The summed E-state index contributed by atoms with van der Waals surface area (Å²) in [6.45, 7) is 1.99. The summed E-state index contributed by atoms with van der Waals surface area (Å²) in [7, 11) is 1.43. The molecule has 0 amide bonds. The highest BCUT2D eigenvalue weighted by Gasteiger charge is 2.11. The predicted molar refractivity (Wildman–Crippen MR) is 70.8 cm³/mol. The Morgan fingerprint density at radius 1 is 1.26 bits per heavy atom. The minimum absolute atomic E-state index is 0.0694. The van der Waals surface area contributed by atoms with Gasteiger partial charge in [0.15, 0.2) is 11.5 Å². The van der Waals surface area contributed by atoms with Gasteiger partial charge in [-0.1, -0.05) is 19.4 Å². The largest absolute Gasteiger partial charge is 0.493 e. The van der Waals surface area contributed by atoms with Crippen molar-refractivity contribution in [3.63, 3.8) is 0 Å². The molecule has 1 aromatic rings. The molecule has 1 rings (SSSR count). The number of alkyl halides is 2. The number of rotatable bonds is 8. The lowest BCUT2D eigenvalue weighted by atomic mass is 10.1. The van der Waals surface area contributed by atoms with Gasteiger partial charge < -0.3 is 14.8 Å². The summed E-state index contributed by atoms with van der Waals surface area (Å²) in [6.07, 6.45) is 2.19. The summed E-state index contributed by atoms with van der Waals surface area (Å²) in [5.74, 6) is 0.380. The first-order valence-electron chi connectivity index (χ1n) is 6.42. The molecule has 0 saturated heterocycles. The van der Waals surface area contributed by atoms with Crippen molar-refractivity contribution in [2.45, 2.75) is 45.9 Å². The molecule has 0 saturated carbocycles. The summed E-state index contributed by atoms with van der Waals surface area (Å²) in [5, 5.41) is 3.33. The van der Waals surface area contributed by atoms with Gasteiger partial charge >= 0.3 is 6.61 Å². The Balaban J connectivity index is 2.69. The third-order valence-electron chi connectivity index (χ3n) is 2.82. The van der Waals surface area contributed by atoms with Crippen molar-refractivity contribution in [1.29, 1.82) is 0 Å². The van der Waals surface area contributed by atoms with E-state index in [2.05, 4.69) is 23.9 Å². The minimum Gasteiger partial charge on any atom is -0.493 e. The van der Waals surface area contributed by atoms with Crippen molar-refractivity contribution >= 4 is 0 Å². The second-order valence-corrected chi connectivity index (χ2v) is 4.43. The number of halogens is 2. The van der Waals surface area contributed by atoms with E-state index in [4.69, 9.17) is 4.74 Å². The molecule has 1 atom stereocenters. The third-order valence-corrected chi connectivity index (χ3v) is 2.82. The SMILES string of the molecule is CCCC(C)NCc1ccc(OC)c(OC(F)F)c1. The number of ether oxygens (including phenoxy) is 2. The fourth-order valence-corrected chi connectivity index (χ4v) is 1.85. The van der Waals surface area contributed by atoms with Crippen LogP contribution in [0, 0.1) is 0 Å². The Morgan fingerprint density at radius 2 is 2.00 bits per heavy atom. The van der Waals surface area contributed by atoms with E-state index >= 15 is 0 Å². The van der Waals surface area contributed by atoms with Crippen molar-refractivity contribution in [2.75, 3.05) is 7.11 Å². The first-order chi connectivity index (χ1) is 9.06. The summed E-state index contributed by atoms with van der Waals surface area (Å²) >= 11 is 0. The van der Waals surface area contributed by atoms with Crippen LogP contribution >= 0.6 is 0 Å². The van der Waals surface area contributed by atoms with E-state index in [-0.39, 0.29) is 5.75 Å². The van der Waals surface area contributed by atoms with Crippen LogP contribution in [0.25, 0.3) is 0 Å². The molecule has 0 aliphatic rings. The Hall–Kier alpha value is -1.36. The molecule has 19 heavy (non-hydrogen) atoms. The highest BCUT2D eigenvalue weighted by Crippen LogP contribution is 2.29. The first kappa shape index (κ1) is 15.7. The van der Waals surface area contributed by atoms with Gasteiger partial charge in [-0.3, -0.25) is 0 Å². The average Bonchev–Trinajstić information content (AvgIpc) is 2.36. The number of nitrogens with one attached hydrogen (secondary N) is 1. The topological polar surface area (TPSA) is 30.5 Å². The lowest BCUT2D eigenvalue weighted by Gasteiger charge is -2.15. The highest BCUT2D eigenvalue weighted by molar-refractivity contribution is 5.42. The van der Waals surface area contributed by atoms with Crippen LogP contribution < -0.4 is 14.8 Å². The van der Waals surface area contributed by atoms with E-state index in [0.29, 0.717) is 18.3 Å². The van der Waals surface area contributed by atoms with Crippen LogP contribution in [0.3, 0.4) is 0 Å². The van der Waals surface area contributed by atoms with Gasteiger partial charge in [0.1, 0.15) is 0 Å². The van der Waals surface area contributed by atoms with Crippen LogP contribution in [-0.4, -0.2) is 19.8 Å². The van der Waals surface area contributed by atoms with E-state index in [1.54, 1.807) is 12.1 Å². The molecule has 0 bridgehead atoms. The number of hydrogen-bond acceptors (Lipinski definition) is 3. The molecule has 1 aromatic carbocycles. The molecule has 1 unspecified atom stereocenters. The van der Waals surface area contributed by atoms with Crippen molar-refractivity contribution < 1.29 is 18.3 Å². The van der Waals surface area contributed by atoms with Gasteiger partial charge in [-0.15, -0.1) is 0 Å². The molecule has 0 aliphatic carbocycles. The van der Waals surface area contributed by atoms with Crippen LogP contribution in [-0.2, 0) is 6.54 Å². The molecule has 0 heterocycles. The smallest absolute Gasteiger partial charge is 0.387 e. The minimum atomic E-state index is -2.85. The van der Waals surface area contributed by atoms with Gasteiger partial charge in [0.2, 0.25) is 0 Å². The summed E-state index contributed by atoms with van der Waals surface area (Å²) in [5.41, 5.74) is 0.888. The van der Waals surface area contributed by atoms with Gasteiger partial charge in [0.05, 0.1) is 7.11 Å². The third kappa shape index (κ3) is 5.42. The van der Waals surface area contributed by atoms with Crippen LogP contribution in [0.4, 0.5) is 8.78 Å². The monoisotopic (exact) mass is 273 g/mol. The van der Waals surface area contributed by atoms with E-state index in [1.165, 1.54) is 7.11 Å². The van der Waals surface area contributed by atoms with Crippen LogP contribution in [0.1, 0.15) is 32.3 Å². The van der Waals surface area contributed by atoms with Crippen LogP contribution in [0.15, 0.2) is 18.2 Å². The quantitative estimate of drug-likeness (QED) is 0.785. The molecule has 0 aromatic heterocycles. The second kappa shape index (κ2) is 7.94. The molecule has 0 aliphatic heterocycles. The first-order valence-corrected chi connectivity index (χ1v) is 6.42. The summed E-state index contributed by atoms with van der Waals surface area (Å²) < 4.78 is 34.0. The number of hydrogen-bond donors (Lipinski definition) is 1. The average molecular weight is 273 g/mol. The Bertz CT molecular complexity index is 386. The maximum Gasteiger partial charge on any atom is 0.387 e. The predicted octanol–water partition coefficient (Wildman–Crippen LogP) is 3.57. The number of methoxy groups -OCH3 is 1. The van der Waals surface area contributed by atoms with Crippen molar-refractivity contribution in [3.05, 3.63) is 23.8 Å². The lowest BCUT2D eigenvalue weighted by molar-refractivity contribution is -0.0512. The Kier molecular flexibility index (Phi) is 6.56. The van der Waals surface area contributed by atoms with E-state index in [1.807, 2.05) is 6.07 Å². The second-order valence-electron chi connectivity index (χ2n) is 4.43. The fourth-order valence-electron chi connectivity index (χ4n) is 1.85. The van der Waals surface area contributed by atoms with Crippen LogP contribution in [0.2, 0.25) is 0 Å².